The molecule has 1 atom stereocenters. The maximum atomic E-state index is 11.9. The number of aromatic carboxylic acids is 1. The number of nitrogens with zero attached hydrogens (tertiary/aromatic N) is 1. The molecule has 1 rings (SSSR count). The second-order valence-corrected chi connectivity index (χ2v) is 5.81. The maximum Gasteiger partial charge on any atom is 0.335 e. The van der Waals surface area contributed by atoms with Gasteiger partial charge in [0.1, 0.15) is 0 Å². The number of amides is 2. The number of nitrogens with one attached hydrogen (secondary N) is 1. The van der Waals surface area contributed by atoms with Crippen LogP contribution in [0.2, 0.25) is 0 Å². The summed E-state index contributed by atoms with van der Waals surface area (Å²) in [4.78, 5) is 24.5. The summed E-state index contributed by atoms with van der Waals surface area (Å²) >= 11 is 1.70. The number of benzene rings is 1. The van der Waals surface area contributed by atoms with Crippen LogP contribution < -0.4 is 5.32 Å². The molecule has 0 aliphatic rings. The van der Waals surface area contributed by atoms with E-state index in [2.05, 4.69) is 5.32 Å². The fourth-order valence-electron chi connectivity index (χ4n) is 1.85. The van der Waals surface area contributed by atoms with Gasteiger partial charge < -0.3 is 15.3 Å². The van der Waals surface area contributed by atoms with Gasteiger partial charge in [-0.25, -0.2) is 9.59 Å². The molecule has 0 saturated heterocycles. The smallest absolute Gasteiger partial charge is 0.335 e. The Morgan fingerprint density at radius 1 is 1.43 bits per heavy atom. The van der Waals surface area contributed by atoms with Gasteiger partial charge in [-0.2, -0.15) is 11.8 Å². The van der Waals surface area contributed by atoms with Gasteiger partial charge >= 0.3 is 12.0 Å². The Labute approximate surface area is 129 Å². The zero-order chi connectivity index (χ0) is 15.8. The van der Waals surface area contributed by atoms with Crippen LogP contribution in [0.4, 0.5) is 4.79 Å². The fourth-order valence-corrected chi connectivity index (χ4v) is 2.56. The number of carbonyl (C=O) groups is 2. The van der Waals surface area contributed by atoms with E-state index in [4.69, 9.17) is 5.11 Å². The van der Waals surface area contributed by atoms with Crippen LogP contribution in [0.3, 0.4) is 0 Å². The zero-order valence-electron chi connectivity index (χ0n) is 12.6. The van der Waals surface area contributed by atoms with Gasteiger partial charge in [-0.05, 0) is 37.3 Å². The average molecular weight is 310 g/mol. The van der Waals surface area contributed by atoms with Gasteiger partial charge in [-0.3, -0.25) is 0 Å². The van der Waals surface area contributed by atoms with Gasteiger partial charge in [0.15, 0.2) is 0 Å². The van der Waals surface area contributed by atoms with E-state index in [1.807, 2.05) is 19.2 Å². The molecule has 0 aliphatic heterocycles. The number of urea groups is 1. The highest BCUT2D eigenvalue weighted by molar-refractivity contribution is 7.98. The van der Waals surface area contributed by atoms with Crippen LogP contribution in [0.1, 0.15) is 22.8 Å². The average Bonchev–Trinajstić information content (AvgIpc) is 2.46. The second kappa shape index (κ2) is 8.56. The molecule has 0 radical (unpaired) electrons. The van der Waals surface area contributed by atoms with Crippen molar-refractivity contribution in [2.45, 2.75) is 19.4 Å². The second-order valence-electron chi connectivity index (χ2n) is 4.90. The van der Waals surface area contributed by atoms with Gasteiger partial charge in [0.25, 0.3) is 0 Å². The number of thioether (sulfide) groups is 1. The van der Waals surface area contributed by atoms with Crippen LogP contribution >= 0.6 is 11.8 Å². The molecule has 21 heavy (non-hydrogen) atoms. The van der Waals surface area contributed by atoms with E-state index in [1.165, 1.54) is 0 Å². The number of carbonyl (C=O) groups excluding carboxylic acids is 1. The van der Waals surface area contributed by atoms with Gasteiger partial charge in [-0.15, -0.1) is 0 Å². The summed E-state index contributed by atoms with van der Waals surface area (Å²) in [6.45, 7) is 2.49. The van der Waals surface area contributed by atoms with E-state index in [-0.39, 0.29) is 17.6 Å². The van der Waals surface area contributed by atoms with Crippen molar-refractivity contribution >= 4 is 23.8 Å². The topological polar surface area (TPSA) is 69.6 Å². The van der Waals surface area contributed by atoms with Gasteiger partial charge in [-0.1, -0.05) is 12.1 Å². The molecule has 5 nitrogen and oxygen atoms in total. The van der Waals surface area contributed by atoms with Crippen LogP contribution in [-0.2, 0) is 6.42 Å². The zero-order valence-corrected chi connectivity index (χ0v) is 13.4. The molecule has 116 valence electrons. The molecule has 0 spiro atoms. The predicted molar refractivity (Wildman–Crippen MR) is 86.1 cm³/mol. The summed E-state index contributed by atoms with van der Waals surface area (Å²) in [6.07, 6.45) is 2.62. The van der Waals surface area contributed by atoms with E-state index in [9.17, 15) is 9.59 Å². The fraction of sp³-hybridized carbons (Fsp3) is 0.467. The van der Waals surface area contributed by atoms with Crippen LogP contribution in [0.5, 0.6) is 0 Å². The lowest BCUT2D eigenvalue weighted by atomic mass is 10.1. The Morgan fingerprint density at radius 2 is 2.14 bits per heavy atom. The molecule has 0 heterocycles. The third-order valence-electron chi connectivity index (χ3n) is 3.25. The Hall–Kier alpha value is -1.69. The van der Waals surface area contributed by atoms with E-state index >= 15 is 0 Å². The lowest BCUT2D eigenvalue weighted by molar-refractivity contribution is 0.0696. The minimum Gasteiger partial charge on any atom is -0.478 e. The molecule has 0 aliphatic carbocycles. The van der Waals surface area contributed by atoms with E-state index < -0.39 is 5.97 Å². The first-order valence-corrected chi connectivity index (χ1v) is 8.17. The Morgan fingerprint density at radius 3 is 2.76 bits per heavy atom. The van der Waals surface area contributed by atoms with Crippen LogP contribution in [0.15, 0.2) is 24.3 Å². The largest absolute Gasteiger partial charge is 0.478 e. The predicted octanol–water partition coefficient (Wildman–Crippen LogP) is 2.32. The van der Waals surface area contributed by atoms with Crippen molar-refractivity contribution in [1.29, 1.82) is 0 Å². The molecule has 0 fully saturated rings. The standard InChI is InChI=1S/C15H22N2O3S/c1-11(10-21-3)17(2)15(20)16-8-7-12-5-4-6-13(9-12)14(18)19/h4-6,9,11H,7-8,10H2,1-3H3,(H,16,20)(H,18,19). The normalized spacial score (nSPS) is 11.8. The third-order valence-corrected chi connectivity index (χ3v) is 4.07. The van der Waals surface area contributed by atoms with E-state index in [0.717, 1.165) is 11.3 Å². The summed E-state index contributed by atoms with van der Waals surface area (Å²) in [7, 11) is 1.78. The summed E-state index contributed by atoms with van der Waals surface area (Å²) in [5.41, 5.74) is 1.17. The minimum absolute atomic E-state index is 0.106. The summed E-state index contributed by atoms with van der Waals surface area (Å²) in [6, 6.07) is 6.84. The van der Waals surface area contributed by atoms with Crippen molar-refractivity contribution in [3.8, 4) is 0 Å². The van der Waals surface area contributed by atoms with Crippen LogP contribution in [0.25, 0.3) is 0 Å². The van der Waals surface area contributed by atoms with Crippen molar-refractivity contribution in [2.75, 3.05) is 25.6 Å². The SMILES string of the molecule is CSCC(C)N(C)C(=O)NCCc1cccc(C(=O)O)c1. The molecule has 0 saturated carbocycles. The van der Waals surface area contributed by atoms with Crippen LogP contribution in [0, 0.1) is 0 Å². The molecule has 1 unspecified atom stereocenters. The number of rotatable bonds is 7. The van der Waals surface area contributed by atoms with Gasteiger partial charge in [0.2, 0.25) is 0 Å². The first-order chi connectivity index (χ1) is 9.95. The first kappa shape index (κ1) is 17.4. The van der Waals surface area contributed by atoms with Crippen molar-refractivity contribution < 1.29 is 14.7 Å². The van der Waals surface area contributed by atoms with Crippen molar-refractivity contribution in [3.63, 3.8) is 0 Å². The highest BCUT2D eigenvalue weighted by Gasteiger charge is 2.14. The van der Waals surface area contributed by atoms with E-state index in [0.29, 0.717) is 13.0 Å². The van der Waals surface area contributed by atoms with Crippen molar-refractivity contribution in [3.05, 3.63) is 35.4 Å². The van der Waals surface area contributed by atoms with Gasteiger partial charge in [0, 0.05) is 25.4 Å². The van der Waals surface area contributed by atoms with Gasteiger partial charge in [0.05, 0.1) is 5.56 Å². The minimum atomic E-state index is -0.938. The summed E-state index contributed by atoms with van der Waals surface area (Å²) in [5, 5.41) is 11.8. The number of hydrogen-bond acceptors (Lipinski definition) is 3. The molecule has 1 aromatic carbocycles. The molecule has 2 amide bonds. The number of carboxylic acid groups (broad SMARTS) is 1. The molecular weight excluding hydrogens is 288 g/mol. The molecule has 1 aromatic rings. The molecule has 2 N–H and O–H groups in total. The van der Waals surface area contributed by atoms with Crippen LogP contribution in [-0.4, -0.2) is 53.6 Å². The first-order valence-electron chi connectivity index (χ1n) is 6.77. The monoisotopic (exact) mass is 310 g/mol. The Bertz CT molecular complexity index is 494. The maximum absolute atomic E-state index is 11.9. The Balaban J connectivity index is 2.44. The number of carboxylic acids is 1. The lowest BCUT2D eigenvalue weighted by Gasteiger charge is -2.24. The highest BCUT2D eigenvalue weighted by Crippen LogP contribution is 2.06. The summed E-state index contributed by atoms with van der Waals surface area (Å²) < 4.78 is 0. The molecule has 0 aromatic heterocycles. The van der Waals surface area contributed by atoms with Crippen molar-refractivity contribution in [2.24, 2.45) is 0 Å². The lowest BCUT2D eigenvalue weighted by Crippen LogP contribution is -2.43. The molecular formula is C15H22N2O3S. The number of hydrogen-bond donors (Lipinski definition) is 2. The molecule has 6 heteroatoms. The third kappa shape index (κ3) is 5.67. The highest BCUT2D eigenvalue weighted by atomic mass is 32.2. The summed E-state index contributed by atoms with van der Waals surface area (Å²) in [5.74, 6) is -0.0450. The Kier molecular flexibility index (Phi) is 7.08. The quantitative estimate of drug-likeness (QED) is 0.811. The molecule has 0 bridgehead atoms. The van der Waals surface area contributed by atoms with Crippen molar-refractivity contribution in [1.82, 2.24) is 10.2 Å². The van der Waals surface area contributed by atoms with E-state index in [1.54, 1.807) is 41.9 Å².